The summed E-state index contributed by atoms with van der Waals surface area (Å²) in [6, 6.07) is 18.0. The standard InChI is InChI=1S/C17H18N4O3/c1-19-17(20-12-13-8-4-2-5-9-13)15(21(22)23)16(18)24-14-10-6-3-7-11-14/h2-11,18-20H,12H2,1H3/b17-15-,18-16?. The molecular weight excluding hydrogens is 308 g/mol. The minimum absolute atomic E-state index is 0.116. The third kappa shape index (κ3) is 4.57. The fourth-order valence-electron chi connectivity index (χ4n) is 2.02. The molecule has 2 aromatic rings. The normalized spacial score (nSPS) is 11.2. The molecule has 0 amide bonds. The van der Waals surface area contributed by atoms with E-state index >= 15 is 0 Å². The van der Waals surface area contributed by atoms with Gasteiger partial charge in [-0.25, -0.2) is 0 Å². The second-order valence-electron chi connectivity index (χ2n) is 4.81. The Labute approximate surface area is 139 Å². The van der Waals surface area contributed by atoms with Gasteiger partial charge in [0.05, 0.1) is 4.92 Å². The summed E-state index contributed by atoms with van der Waals surface area (Å²) in [7, 11) is 1.55. The maximum absolute atomic E-state index is 11.4. The third-order valence-corrected chi connectivity index (χ3v) is 3.16. The predicted molar refractivity (Wildman–Crippen MR) is 91.2 cm³/mol. The number of rotatable bonds is 7. The average Bonchev–Trinajstić information content (AvgIpc) is 2.59. The van der Waals surface area contributed by atoms with Gasteiger partial charge < -0.3 is 15.4 Å². The third-order valence-electron chi connectivity index (χ3n) is 3.16. The van der Waals surface area contributed by atoms with Crippen LogP contribution in [0, 0.1) is 15.5 Å². The molecule has 0 spiro atoms. The molecule has 0 fully saturated rings. The molecule has 0 aliphatic carbocycles. The van der Waals surface area contributed by atoms with Gasteiger partial charge in [-0.2, -0.15) is 0 Å². The lowest BCUT2D eigenvalue weighted by atomic mass is 10.2. The highest BCUT2D eigenvalue weighted by Gasteiger charge is 2.26. The first-order valence-corrected chi connectivity index (χ1v) is 7.28. The number of hydrogen-bond acceptors (Lipinski definition) is 6. The van der Waals surface area contributed by atoms with Crippen molar-refractivity contribution in [3.05, 3.63) is 87.9 Å². The zero-order chi connectivity index (χ0) is 17.4. The van der Waals surface area contributed by atoms with Gasteiger partial charge in [0.2, 0.25) is 0 Å². The fourth-order valence-corrected chi connectivity index (χ4v) is 2.02. The van der Waals surface area contributed by atoms with Crippen molar-refractivity contribution in [1.29, 1.82) is 5.41 Å². The van der Waals surface area contributed by atoms with Crippen LogP contribution in [0.2, 0.25) is 0 Å². The Morgan fingerprint density at radius 3 is 2.25 bits per heavy atom. The van der Waals surface area contributed by atoms with E-state index in [-0.39, 0.29) is 5.82 Å². The first-order valence-electron chi connectivity index (χ1n) is 7.28. The van der Waals surface area contributed by atoms with Gasteiger partial charge in [-0.3, -0.25) is 15.5 Å². The predicted octanol–water partition coefficient (Wildman–Crippen LogP) is 2.50. The number of ether oxygens (including phenoxy) is 1. The van der Waals surface area contributed by atoms with E-state index in [0.29, 0.717) is 12.3 Å². The Hall–Kier alpha value is -3.35. The van der Waals surface area contributed by atoms with Crippen molar-refractivity contribution in [2.75, 3.05) is 7.05 Å². The van der Waals surface area contributed by atoms with Crippen molar-refractivity contribution >= 4 is 5.90 Å². The molecule has 0 heterocycles. The van der Waals surface area contributed by atoms with E-state index in [1.165, 1.54) is 0 Å². The SMILES string of the molecule is CN/C(NCc1ccccc1)=C(\C(=N)Oc1ccccc1)[N+](=O)[O-]. The molecule has 0 aliphatic rings. The van der Waals surface area contributed by atoms with E-state index in [2.05, 4.69) is 10.6 Å². The molecule has 7 nitrogen and oxygen atoms in total. The van der Waals surface area contributed by atoms with Crippen LogP contribution >= 0.6 is 0 Å². The Morgan fingerprint density at radius 1 is 1.12 bits per heavy atom. The summed E-state index contributed by atoms with van der Waals surface area (Å²) in [5.74, 6) is -0.0683. The second kappa shape index (κ2) is 8.33. The zero-order valence-electron chi connectivity index (χ0n) is 13.2. The average molecular weight is 326 g/mol. The number of nitrogens with zero attached hydrogens (tertiary/aromatic N) is 1. The van der Waals surface area contributed by atoms with E-state index < -0.39 is 16.5 Å². The van der Waals surface area contributed by atoms with Gasteiger partial charge in [-0.05, 0) is 17.7 Å². The summed E-state index contributed by atoms with van der Waals surface area (Å²) in [5, 5.41) is 25.0. The molecular formula is C17H18N4O3. The van der Waals surface area contributed by atoms with Crippen LogP contribution in [-0.2, 0) is 6.54 Å². The summed E-state index contributed by atoms with van der Waals surface area (Å²) >= 11 is 0. The van der Waals surface area contributed by atoms with Crippen molar-refractivity contribution in [3.63, 3.8) is 0 Å². The molecule has 124 valence electrons. The van der Waals surface area contributed by atoms with Gasteiger partial charge in [-0.1, -0.05) is 48.5 Å². The lowest BCUT2D eigenvalue weighted by molar-refractivity contribution is -0.418. The summed E-state index contributed by atoms with van der Waals surface area (Å²) in [4.78, 5) is 10.7. The maximum Gasteiger partial charge on any atom is 0.370 e. The lowest BCUT2D eigenvalue weighted by Crippen LogP contribution is -2.31. The number of hydrogen-bond donors (Lipinski definition) is 3. The van der Waals surface area contributed by atoms with Crippen molar-refractivity contribution in [3.8, 4) is 5.75 Å². The van der Waals surface area contributed by atoms with Gasteiger partial charge in [0.25, 0.3) is 5.90 Å². The molecule has 0 saturated carbocycles. The van der Waals surface area contributed by atoms with E-state index in [4.69, 9.17) is 10.1 Å². The van der Waals surface area contributed by atoms with Crippen LogP contribution in [0.25, 0.3) is 0 Å². The van der Waals surface area contributed by atoms with E-state index in [9.17, 15) is 10.1 Å². The zero-order valence-corrected chi connectivity index (χ0v) is 13.2. The fraction of sp³-hybridized carbons (Fsp3) is 0.118. The van der Waals surface area contributed by atoms with Gasteiger partial charge in [0.15, 0.2) is 5.82 Å². The van der Waals surface area contributed by atoms with E-state index in [1.54, 1.807) is 37.4 Å². The topological polar surface area (TPSA) is 100 Å². The van der Waals surface area contributed by atoms with Crippen molar-refractivity contribution in [2.45, 2.75) is 6.54 Å². The molecule has 0 unspecified atom stereocenters. The molecule has 0 atom stereocenters. The molecule has 3 N–H and O–H groups in total. The monoisotopic (exact) mass is 326 g/mol. The summed E-state index contributed by atoms with van der Waals surface area (Å²) in [6.07, 6.45) is 0. The van der Waals surface area contributed by atoms with Gasteiger partial charge in [-0.15, -0.1) is 0 Å². The van der Waals surface area contributed by atoms with Gasteiger partial charge >= 0.3 is 5.70 Å². The molecule has 2 aromatic carbocycles. The second-order valence-corrected chi connectivity index (χ2v) is 4.81. The molecule has 0 radical (unpaired) electrons. The summed E-state index contributed by atoms with van der Waals surface area (Å²) in [5.41, 5.74) is 0.501. The van der Waals surface area contributed by atoms with Crippen LogP contribution in [0.1, 0.15) is 5.56 Å². The number of benzene rings is 2. The van der Waals surface area contributed by atoms with Crippen LogP contribution in [0.4, 0.5) is 0 Å². The van der Waals surface area contributed by atoms with Crippen LogP contribution in [-0.4, -0.2) is 17.9 Å². The minimum Gasteiger partial charge on any atom is -0.434 e. The highest BCUT2D eigenvalue weighted by Crippen LogP contribution is 2.13. The van der Waals surface area contributed by atoms with Gasteiger partial charge in [0, 0.05) is 13.6 Å². The lowest BCUT2D eigenvalue weighted by Gasteiger charge is -2.12. The maximum atomic E-state index is 11.4. The molecule has 0 aromatic heterocycles. The van der Waals surface area contributed by atoms with Crippen molar-refractivity contribution in [1.82, 2.24) is 10.6 Å². The van der Waals surface area contributed by atoms with Gasteiger partial charge in [0.1, 0.15) is 5.75 Å². The van der Waals surface area contributed by atoms with E-state index in [0.717, 1.165) is 5.56 Å². The first kappa shape index (κ1) is 17.0. The molecule has 7 heteroatoms. The van der Waals surface area contributed by atoms with Crippen LogP contribution in [0.3, 0.4) is 0 Å². The van der Waals surface area contributed by atoms with Crippen LogP contribution < -0.4 is 15.4 Å². The molecule has 24 heavy (non-hydrogen) atoms. The highest BCUT2D eigenvalue weighted by molar-refractivity contribution is 5.90. The smallest absolute Gasteiger partial charge is 0.370 e. The minimum atomic E-state index is -0.644. The van der Waals surface area contributed by atoms with Crippen molar-refractivity contribution in [2.24, 2.45) is 0 Å². The van der Waals surface area contributed by atoms with Crippen molar-refractivity contribution < 1.29 is 9.66 Å². The Bertz CT molecular complexity index is 730. The Morgan fingerprint density at radius 2 is 1.71 bits per heavy atom. The number of nitrogens with one attached hydrogen (secondary N) is 3. The number of para-hydroxylation sites is 1. The highest BCUT2D eigenvalue weighted by atomic mass is 16.6. The summed E-state index contributed by atoms with van der Waals surface area (Å²) in [6.45, 7) is 0.382. The molecule has 0 saturated heterocycles. The molecule has 0 bridgehead atoms. The molecule has 2 rings (SSSR count). The largest absolute Gasteiger partial charge is 0.434 e. The number of nitro groups is 1. The van der Waals surface area contributed by atoms with E-state index in [1.807, 2.05) is 30.3 Å². The van der Waals surface area contributed by atoms with Crippen LogP contribution in [0.15, 0.2) is 72.2 Å². The first-order chi connectivity index (χ1) is 11.6. The Balaban J connectivity index is 2.19. The summed E-state index contributed by atoms with van der Waals surface area (Å²) < 4.78 is 5.28. The quantitative estimate of drug-likeness (QED) is 0.314. The molecule has 0 aliphatic heterocycles. The Kier molecular flexibility index (Phi) is 5.90. The van der Waals surface area contributed by atoms with Crippen LogP contribution in [0.5, 0.6) is 5.75 Å².